The molecule has 0 saturated carbocycles. The van der Waals surface area contributed by atoms with Crippen LogP contribution in [0.15, 0.2) is 12.8 Å². The van der Waals surface area contributed by atoms with Crippen LogP contribution in [0.4, 0.5) is 10.1 Å². The van der Waals surface area contributed by atoms with E-state index in [9.17, 15) is 4.39 Å². The van der Waals surface area contributed by atoms with Crippen molar-refractivity contribution in [2.24, 2.45) is 0 Å². The molecule has 0 aliphatic heterocycles. The van der Waals surface area contributed by atoms with Gasteiger partial charge in [0, 0.05) is 12.6 Å². The van der Waals surface area contributed by atoms with E-state index < -0.39 is 5.82 Å². The van der Waals surface area contributed by atoms with Crippen LogP contribution < -0.4 is 5.32 Å². The van der Waals surface area contributed by atoms with Gasteiger partial charge in [-0.1, -0.05) is 24.3 Å². The van der Waals surface area contributed by atoms with Crippen molar-refractivity contribution in [3.05, 3.63) is 29.3 Å². The lowest BCUT2D eigenvalue weighted by molar-refractivity contribution is 0.619. The van der Waals surface area contributed by atoms with E-state index >= 15 is 0 Å². The van der Waals surface area contributed by atoms with Crippen LogP contribution in [0.5, 0.6) is 0 Å². The zero-order chi connectivity index (χ0) is 9.14. The molecule has 2 nitrogen and oxygen atoms in total. The Morgan fingerprint density at radius 3 is 2.83 bits per heavy atom. The molecule has 64 valence electrons. The number of pyridine rings is 1. The first-order valence-electron chi connectivity index (χ1n) is 3.35. The van der Waals surface area contributed by atoms with E-state index in [2.05, 4.69) is 16.9 Å². The van der Waals surface area contributed by atoms with Gasteiger partial charge in [0.05, 0.1) is 11.9 Å². The molecule has 12 heavy (non-hydrogen) atoms. The minimum atomic E-state index is -0.432. The standard InChI is InChI=1S/C8H8ClFN2/c1-3-5-6(10)4-12-8(9)7(5)11-2/h3-4,11H,1H2,2H3. The summed E-state index contributed by atoms with van der Waals surface area (Å²) in [6.45, 7) is 3.48. The lowest BCUT2D eigenvalue weighted by atomic mass is 10.2. The number of rotatable bonds is 2. The molecule has 0 atom stereocenters. The average molecular weight is 187 g/mol. The van der Waals surface area contributed by atoms with Gasteiger partial charge in [0.15, 0.2) is 11.0 Å². The Hall–Kier alpha value is -1.09. The molecule has 1 heterocycles. The smallest absolute Gasteiger partial charge is 0.152 e. The Labute approximate surface area is 75.1 Å². The second-order valence-corrected chi connectivity index (χ2v) is 2.50. The van der Waals surface area contributed by atoms with Crippen LogP contribution in [-0.2, 0) is 0 Å². The van der Waals surface area contributed by atoms with Crippen molar-refractivity contribution in [2.45, 2.75) is 0 Å². The van der Waals surface area contributed by atoms with Gasteiger partial charge in [-0.15, -0.1) is 0 Å². The SMILES string of the molecule is C=Cc1c(F)cnc(Cl)c1NC. The van der Waals surface area contributed by atoms with Crippen molar-refractivity contribution in [1.82, 2.24) is 4.98 Å². The van der Waals surface area contributed by atoms with Gasteiger partial charge < -0.3 is 5.32 Å². The highest BCUT2D eigenvalue weighted by atomic mass is 35.5. The molecular weight excluding hydrogens is 179 g/mol. The summed E-state index contributed by atoms with van der Waals surface area (Å²) in [5, 5.41) is 2.99. The second kappa shape index (κ2) is 3.54. The molecule has 0 aromatic carbocycles. The van der Waals surface area contributed by atoms with E-state index in [1.54, 1.807) is 7.05 Å². The molecule has 0 bridgehead atoms. The van der Waals surface area contributed by atoms with Crippen LogP contribution >= 0.6 is 11.6 Å². The Morgan fingerprint density at radius 1 is 1.75 bits per heavy atom. The molecule has 0 aliphatic carbocycles. The van der Waals surface area contributed by atoms with Gasteiger partial charge in [0.25, 0.3) is 0 Å². The van der Waals surface area contributed by atoms with Crippen molar-refractivity contribution in [1.29, 1.82) is 0 Å². The normalized spacial score (nSPS) is 9.58. The Bertz CT molecular complexity index is 312. The van der Waals surface area contributed by atoms with Gasteiger partial charge in [-0.2, -0.15) is 0 Å². The fraction of sp³-hybridized carbons (Fsp3) is 0.125. The Morgan fingerprint density at radius 2 is 2.42 bits per heavy atom. The summed E-state index contributed by atoms with van der Waals surface area (Å²) in [6.07, 6.45) is 2.47. The van der Waals surface area contributed by atoms with Crippen molar-refractivity contribution >= 4 is 23.4 Å². The summed E-state index contributed by atoms with van der Waals surface area (Å²) in [7, 11) is 1.65. The highest BCUT2D eigenvalue weighted by molar-refractivity contribution is 6.32. The number of anilines is 1. The van der Waals surface area contributed by atoms with Crippen LogP contribution in [0, 0.1) is 5.82 Å². The molecule has 1 N–H and O–H groups in total. The summed E-state index contributed by atoms with van der Waals surface area (Å²) in [5.74, 6) is -0.432. The summed E-state index contributed by atoms with van der Waals surface area (Å²) < 4.78 is 13.0. The molecule has 1 aromatic rings. The Balaban J connectivity index is 3.38. The topological polar surface area (TPSA) is 24.9 Å². The molecule has 4 heteroatoms. The zero-order valence-corrected chi connectivity index (χ0v) is 7.32. The van der Waals surface area contributed by atoms with E-state index in [-0.39, 0.29) is 5.15 Å². The number of nitrogens with one attached hydrogen (secondary N) is 1. The third-order valence-corrected chi connectivity index (χ3v) is 1.76. The summed E-state index contributed by atoms with van der Waals surface area (Å²) in [6, 6.07) is 0. The predicted molar refractivity (Wildman–Crippen MR) is 48.8 cm³/mol. The minimum Gasteiger partial charge on any atom is -0.385 e. The van der Waals surface area contributed by atoms with E-state index in [1.807, 2.05) is 0 Å². The summed E-state index contributed by atoms with van der Waals surface area (Å²) in [5.41, 5.74) is 0.809. The number of hydrogen-bond acceptors (Lipinski definition) is 2. The van der Waals surface area contributed by atoms with Crippen LogP contribution in [0.25, 0.3) is 6.08 Å². The van der Waals surface area contributed by atoms with Gasteiger partial charge in [-0.25, -0.2) is 9.37 Å². The van der Waals surface area contributed by atoms with Crippen LogP contribution in [0.3, 0.4) is 0 Å². The molecule has 0 saturated heterocycles. The largest absolute Gasteiger partial charge is 0.385 e. The van der Waals surface area contributed by atoms with Crippen molar-refractivity contribution < 1.29 is 4.39 Å². The van der Waals surface area contributed by atoms with E-state index in [0.717, 1.165) is 6.20 Å². The summed E-state index contributed by atoms with van der Waals surface area (Å²) in [4.78, 5) is 3.64. The van der Waals surface area contributed by atoms with Gasteiger partial charge in [-0.05, 0) is 0 Å². The van der Waals surface area contributed by atoms with E-state index in [1.165, 1.54) is 6.08 Å². The third kappa shape index (κ3) is 1.41. The fourth-order valence-corrected chi connectivity index (χ4v) is 1.16. The first-order chi connectivity index (χ1) is 5.70. The minimum absolute atomic E-state index is 0.244. The molecule has 1 rings (SSSR count). The first-order valence-corrected chi connectivity index (χ1v) is 3.72. The lowest BCUT2D eigenvalue weighted by Crippen LogP contribution is -1.97. The molecule has 0 fully saturated rings. The van der Waals surface area contributed by atoms with Gasteiger partial charge >= 0.3 is 0 Å². The maximum Gasteiger partial charge on any atom is 0.152 e. The van der Waals surface area contributed by atoms with Gasteiger partial charge in [0.1, 0.15) is 0 Å². The monoisotopic (exact) mass is 186 g/mol. The predicted octanol–water partition coefficient (Wildman–Crippen LogP) is 2.56. The quantitative estimate of drug-likeness (QED) is 0.719. The molecular formula is C8H8ClFN2. The number of nitrogens with zero attached hydrogens (tertiary/aromatic N) is 1. The van der Waals surface area contributed by atoms with Crippen LogP contribution in [0.1, 0.15) is 5.56 Å². The fourth-order valence-electron chi connectivity index (χ4n) is 0.915. The molecule has 0 radical (unpaired) electrons. The van der Waals surface area contributed by atoms with Crippen LogP contribution in [-0.4, -0.2) is 12.0 Å². The van der Waals surface area contributed by atoms with Gasteiger partial charge in [-0.3, -0.25) is 0 Å². The number of hydrogen-bond donors (Lipinski definition) is 1. The van der Waals surface area contributed by atoms with Gasteiger partial charge in [0.2, 0.25) is 0 Å². The molecule has 0 aliphatic rings. The van der Waals surface area contributed by atoms with Crippen LogP contribution in [0.2, 0.25) is 5.15 Å². The van der Waals surface area contributed by atoms with Crippen molar-refractivity contribution in [3.63, 3.8) is 0 Å². The summed E-state index contributed by atoms with van der Waals surface area (Å²) >= 11 is 5.69. The Kier molecular flexibility index (Phi) is 2.65. The maximum absolute atomic E-state index is 13.0. The molecule has 0 spiro atoms. The van der Waals surface area contributed by atoms with E-state index in [0.29, 0.717) is 11.3 Å². The maximum atomic E-state index is 13.0. The number of halogens is 2. The highest BCUT2D eigenvalue weighted by Gasteiger charge is 2.08. The molecule has 1 aromatic heterocycles. The first kappa shape index (κ1) is 9.00. The second-order valence-electron chi connectivity index (χ2n) is 2.14. The van der Waals surface area contributed by atoms with Crippen molar-refractivity contribution in [3.8, 4) is 0 Å². The molecule has 0 amide bonds. The number of aromatic nitrogens is 1. The average Bonchev–Trinajstić information content (AvgIpc) is 2.08. The van der Waals surface area contributed by atoms with Crippen molar-refractivity contribution in [2.75, 3.05) is 12.4 Å². The molecule has 0 unspecified atom stereocenters. The third-order valence-electron chi connectivity index (χ3n) is 1.48. The lowest BCUT2D eigenvalue weighted by Gasteiger charge is -2.06. The van der Waals surface area contributed by atoms with E-state index in [4.69, 9.17) is 11.6 Å². The highest BCUT2D eigenvalue weighted by Crippen LogP contribution is 2.25. The zero-order valence-electron chi connectivity index (χ0n) is 6.56.